The third-order valence-corrected chi connectivity index (χ3v) is 2.00. The van der Waals surface area contributed by atoms with E-state index in [1.807, 2.05) is 0 Å². The van der Waals surface area contributed by atoms with Gasteiger partial charge < -0.3 is 9.84 Å². The van der Waals surface area contributed by atoms with Crippen LogP contribution in [0.3, 0.4) is 0 Å². The van der Waals surface area contributed by atoms with Crippen LogP contribution in [0.15, 0.2) is 36.4 Å². The Morgan fingerprint density at radius 2 is 2.11 bits per heavy atom. The summed E-state index contributed by atoms with van der Waals surface area (Å²) in [5.74, 6) is -0.692. The first-order valence-corrected chi connectivity index (χ1v) is 4.94. The second-order valence-corrected chi connectivity index (χ2v) is 3.28. The van der Waals surface area contributed by atoms with Gasteiger partial charge in [0.05, 0.1) is 18.1 Å². The highest BCUT2D eigenvalue weighted by Crippen LogP contribution is 2.23. The number of allylic oxidation sites excluding steroid dienone is 2. The summed E-state index contributed by atoms with van der Waals surface area (Å²) in [7, 11) is 1.41. The molecule has 0 heterocycles. The monoisotopic (exact) mass is 249 g/mol. The van der Waals surface area contributed by atoms with E-state index in [2.05, 4.69) is 0 Å². The van der Waals surface area contributed by atoms with Crippen LogP contribution in [0.1, 0.15) is 5.56 Å². The maximum Gasteiger partial charge on any atom is 0.328 e. The molecule has 0 unspecified atom stereocenters. The number of benzene rings is 1. The minimum atomic E-state index is -1.06. The minimum absolute atomic E-state index is 0.0868. The second kappa shape index (κ2) is 6.19. The molecule has 0 aromatic heterocycles. The first-order chi connectivity index (χ1) is 8.52. The molecule has 0 atom stereocenters. The number of carbonyl (C=O) groups is 1. The van der Waals surface area contributed by atoms with Crippen molar-refractivity contribution in [1.29, 1.82) is 0 Å². The quantitative estimate of drug-likeness (QED) is 0.374. The topological polar surface area (TPSA) is 89.7 Å². The van der Waals surface area contributed by atoms with Crippen molar-refractivity contribution < 1.29 is 19.6 Å². The van der Waals surface area contributed by atoms with Crippen LogP contribution in [-0.4, -0.2) is 23.1 Å². The van der Waals surface area contributed by atoms with Gasteiger partial charge in [0.25, 0.3) is 5.69 Å². The van der Waals surface area contributed by atoms with Gasteiger partial charge >= 0.3 is 5.97 Å². The molecule has 0 fully saturated rings. The van der Waals surface area contributed by atoms with Gasteiger partial charge in [0.15, 0.2) is 0 Å². The number of ether oxygens (including phenoxy) is 1. The van der Waals surface area contributed by atoms with Crippen LogP contribution in [0.4, 0.5) is 5.69 Å². The van der Waals surface area contributed by atoms with Gasteiger partial charge in [0, 0.05) is 12.1 Å². The zero-order valence-corrected chi connectivity index (χ0v) is 9.57. The number of hydrogen-bond donors (Lipinski definition) is 1. The van der Waals surface area contributed by atoms with E-state index in [4.69, 9.17) is 9.84 Å². The van der Waals surface area contributed by atoms with Crippen LogP contribution in [0, 0.1) is 10.1 Å². The fraction of sp³-hybridized carbons (Fsp3) is 0.0833. The Kier molecular flexibility index (Phi) is 4.62. The summed E-state index contributed by atoms with van der Waals surface area (Å²) in [5.41, 5.74) is 0.465. The SMILES string of the molecule is COc1cc(C=CC=CC(=O)O)cc([N+](=O)[O-])c1. The Balaban J connectivity index is 2.98. The number of carboxylic acids is 1. The Morgan fingerprint density at radius 3 is 2.67 bits per heavy atom. The molecular formula is C12H11NO5. The van der Waals surface area contributed by atoms with Crippen molar-refractivity contribution in [3.8, 4) is 5.75 Å². The molecule has 1 aromatic carbocycles. The van der Waals surface area contributed by atoms with Gasteiger partial charge in [0.1, 0.15) is 5.75 Å². The standard InChI is InChI=1S/C12H11NO5/c1-18-11-7-9(4-2-3-5-12(14)15)6-10(8-11)13(16)17/h2-8H,1H3,(H,14,15). The summed E-state index contributed by atoms with van der Waals surface area (Å²) in [6.45, 7) is 0. The highest BCUT2D eigenvalue weighted by molar-refractivity contribution is 5.80. The number of aliphatic carboxylic acids is 1. The van der Waals surface area contributed by atoms with Crippen LogP contribution in [-0.2, 0) is 4.79 Å². The average Bonchev–Trinajstić information content (AvgIpc) is 2.34. The maximum atomic E-state index is 10.7. The summed E-state index contributed by atoms with van der Waals surface area (Å²) in [6.07, 6.45) is 5.32. The third kappa shape index (κ3) is 4.09. The van der Waals surface area contributed by atoms with Crippen LogP contribution in [0.25, 0.3) is 6.08 Å². The van der Waals surface area contributed by atoms with Gasteiger partial charge in [-0.3, -0.25) is 10.1 Å². The summed E-state index contributed by atoms with van der Waals surface area (Å²) < 4.78 is 4.94. The predicted octanol–water partition coefficient (Wildman–Crippen LogP) is 2.26. The average molecular weight is 249 g/mol. The van der Waals surface area contributed by atoms with Crippen molar-refractivity contribution in [3.05, 3.63) is 52.1 Å². The van der Waals surface area contributed by atoms with Crippen LogP contribution in [0.2, 0.25) is 0 Å². The smallest absolute Gasteiger partial charge is 0.328 e. The van der Waals surface area contributed by atoms with Crippen LogP contribution in [0.5, 0.6) is 5.75 Å². The highest BCUT2D eigenvalue weighted by Gasteiger charge is 2.08. The molecule has 0 aliphatic rings. The summed E-state index contributed by atoms with van der Waals surface area (Å²) in [4.78, 5) is 20.4. The van der Waals surface area contributed by atoms with E-state index in [0.717, 1.165) is 6.08 Å². The van der Waals surface area contributed by atoms with Gasteiger partial charge in [-0.05, 0) is 11.6 Å². The number of rotatable bonds is 5. The van der Waals surface area contributed by atoms with E-state index >= 15 is 0 Å². The number of hydrogen-bond acceptors (Lipinski definition) is 4. The molecule has 0 radical (unpaired) electrons. The van der Waals surface area contributed by atoms with Gasteiger partial charge in [-0.15, -0.1) is 0 Å². The molecule has 94 valence electrons. The molecule has 0 aliphatic carbocycles. The van der Waals surface area contributed by atoms with Crippen LogP contribution < -0.4 is 4.74 Å². The fourth-order valence-electron chi connectivity index (χ4n) is 1.23. The van der Waals surface area contributed by atoms with Crippen molar-refractivity contribution in [3.63, 3.8) is 0 Å². The molecule has 1 N–H and O–H groups in total. The van der Waals surface area contributed by atoms with Crippen molar-refractivity contribution in [2.45, 2.75) is 0 Å². The molecule has 0 aliphatic heterocycles. The molecule has 0 saturated carbocycles. The summed E-state index contributed by atoms with van der Waals surface area (Å²) in [5, 5.41) is 19.1. The Bertz CT molecular complexity index is 519. The van der Waals surface area contributed by atoms with E-state index in [1.165, 1.54) is 31.4 Å². The Hall–Kier alpha value is -2.63. The molecule has 0 spiro atoms. The van der Waals surface area contributed by atoms with Crippen molar-refractivity contribution in [2.24, 2.45) is 0 Å². The number of methoxy groups -OCH3 is 1. The van der Waals surface area contributed by atoms with Gasteiger partial charge in [-0.1, -0.05) is 18.2 Å². The lowest BCUT2D eigenvalue weighted by molar-refractivity contribution is -0.384. The number of nitro groups is 1. The first-order valence-electron chi connectivity index (χ1n) is 4.94. The van der Waals surface area contributed by atoms with E-state index in [1.54, 1.807) is 12.1 Å². The predicted molar refractivity (Wildman–Crippen MR) is 65.5 cm³/mol. The second-order valence-electron chi connectivity index (χ2n) is 3.28. The van der Waals surface area contributed by atoms with E-state index < -0.39 is 10.9 Å². The third-order valence-electron chi connectivity index (χ3n) is 2.00. The van der Waals surface area contributed by atoms with Crippen molar-refractivity contribution >= 4 is 17.7 Å². The van der Waals surface area contributed by atoms with E-state index in [9.17, 15) is 14.9 Å². The maximum absolute atomic E-state index is 10.7. The van der Waals surface area contributed by atoms with Crippen molar-refractivity contribution in [1.82, 2.24) is 0 Å². The lowest BCUT2D eigenvalue weighted by Gasteiger charge is -2.01. The lowest BCUT2D eigenvalue weighted by atomic mass is 10.1. The van der Waals surface area contributed by atoms with Crippen LogP contribution >= 0.6 is 0 Å². The normalized spacial score (nSPS) is 10.9. The molecule has 1 rings (SSSR count). The largest absolute Gasteiger partial charge is 0.496 e. The molecule has 1 aromatic rings. The summed E-state index contributed by atoms with van der Waals surface area (Å²) >= 11 is 0. The van der Waals surface area contributed by atoms with Crippen molar-refractivity contribution in [2.75, 3.05) is 7.11 Å². The summed E-state index contributed by atoms with van der Waals surface area (Å²) in [6, 6.07) is 4.29. The molecule has 6 nitrogen and oxygen atoms in total. The molecule has 0 bridgehead atoms. The molecule has 0 amide bonds. The van der Waals surface area contributed by atoms with Gasteiger partial charge in [0.2, 0.25) is 0 Å². The lowest BCUT2D eigenvalue weighted by Crippen LogP contribution is -1.91. The molecule has 18 heavy (non-hydrogen) atoms. The fourth-order valence-corrected chi connectivity index (χ4v) is 1.23. The highest BCUT2D eigenvalue weighted by atomic mass is 16.6. The van der Waals surface area contributed by atoms with E-state index in [0.29, 0.717) is 11.3 Å². The Morgan fingerprint density at radius 1 is 1.39 bits per heavy atom. The van der Waals surface area contributed by atoms with Gasteiger partial charge in [-0.25, -0.2) is 4.79 Å². The number of non-ortho nitro benzene ring substituents is 1. The number of carboxylic acid groups (broad SMARTS) is 1. The zero-order chi connectivity index (χ0) is 13.5. The van der Waals surface area contributed by atoms with E-state index in [-0.39, 0.29) is 5.69 Å². The number of nitrogens with zero attached hydrogens (tertiary/aromatic N) is 1. The first kappa shape index (κ1) is 13.4. The minimum Gasteiger partial charge on any atom is -0.496 e. The number of nitro benzene ring substituents is 1. The van der Waals surface area contributed by atoms with Gasteiger partial charge in [-0.2, -0.15) is 0 Å². The zero-order valence-electron chi connectivity index (χ0n) is 9.57. The molecular weight excluding hydrogens is 238 g/mol. The Labute approximate surface area is 103 Å². The molecule has 0 saturated heterocycles. The molecule has 6 heteroatoms.